The normalized spacial score (nSPS) is 11.9. The van der Waals surface area contributed by atoms with Gasteiger partial charge < -0.3 is 4.74 Å². The molecule has 1 atom stereocenters. The van der Waals surface area contributed by atoms with Crippen molar-refractivity contribution in [3.8, 4) is 0 Å². The Hall–Kier alpha value is -1.56. The van der Waals surface area contributed by atoms with Crippen molar-refractivity contribution in [1.29, 1.82) is 0 Å². The highest BCUT2D eigenvalue weighted by molar-refractivity contribution is 8.00. The van der Waals surface area contributed by atoms with Crippen LogP contribution in [0.4, 0.5) is 5.69 Å². The van der Waals surface area contributed by atoms with Crippen molar-refractivity contribution in [2.75, 3.05) is 6.61 Å². The van der Waals surface area contributed by atoms with Gasteiger partial charge in [-0.25, -0.2) is 0 Å². The Labute approximate surface area is 122 Å². The molecule has 110 valence electrons. The standard InChI is InChI=1S/C14H19NO4S/c1-4-19-14(16)8-6-11(3)20-13-9-10(2)5-7-12(13)15(17)18/h5,7,9,11H,4,6,8H2,1-3H3/t11-/m0/s1. The van der Waals surface area contributed by atoms with Crippen molar-refractivity contribution in [3.05, 3.63) is 33.9 Å². The number of hydrogen-bond acceptors (Lipinski definition) is 5. The van der Waals surface area contributed by atoms with Crippen molar-refractivity contribution >= 4 is 23.4 Å². The van der Waals surface area contributed by atoms with Crippen molar-refractivity contribution in [1.82, 2.24) is 0 Å². The molecule has 0 N–H and O–H groups in total. The van der Waals surface area contributed by atoms with Crippen LogP contribution in [-0.2, 0) is 9.53 Å². The van der Waals surface area contributed by atoms with Gasteiger partial charge in [0.1, 0.15) is 0 Å². The van der Waals surface area contributed by atoms with Gasteiger partial charge in [0.2, 0.25) is 0 Å². The fourth-order valence-corrected chi connectivity index (χ4v) is 2.88. The minimum absolute atomic E-state index is 0.111. The molecule has 0 saturated heterocycles. The number of carbonyl (C=O) groups is 1. The average Bonchev–Trinajstić information content (AvgIpc) is 2.36. The third kappa shape index (κ3) is 5.21. The molecule has 1 aromatic carbocycles. The van der Waals surface area contributed by atoms with Gasteiger partial charge in [0.05, 0.1) is 16.4 Å². The molecular formula is C14H19NO4S. The van der Waals surface area contributed by atoms with Crippen LogP contribution in [0.2, 0.25) is 0 Å². The molecule has 0 saturated carbocycles. The lowest BCUT2D eigenvalue weighted by Gasteiger charge is -2.11. The van der Waals surface area contributed by atoms with E-state index in [-0.39, 0.29) is 21.8 Å². The Bertz CT molecular complexity index is 490. The van der Waals surface area contributed by atoms with Crippen LogP contribution in [0.15, 0.2) is 23.1 Å². The molecule has 0 aromatic heterocycles. The van der Waals surface area contributed by atoms with E-state index in [1.807, 2.05) is 19.9 Å². The van der Waals surface area contributed by atoms with Gasteiger partial charge in [0.25, 0.3) is 5.69 Å². The SMILES string of the molecule is CCOC(=O)CC[C@H](C)Sc1cc(C)ccc1[N+](=O)[O-]. The topological polar surface area (TPSA) is 69.4 Å². The Morgan fingerprint density at radius 1 is 1.50 bits per heavy atom. The predicted molar refractivity (Wildman–Crippen MR) is 79.0 cm³/mol. The van der Waals surface area contributed by atoms with Crippen molar-refractivity contribution < 1.29 is 14.5 Å². The number of nitro groups is 1. The molecule has 0 heterocycles. The van der Waals surface area contributed by atoms with Gasteiger partial charge >= 0.3 is 5.97 Å². The first-order valence-electron chi connectivity index (χ1n) is 6.51. The first-order valence-corrected chi connectivity index (χ1v) is 7.39. The van der Waals surface area contributed by atoms with Crippen molar-refractivity contribution in [2.24, 2.45) is 0 Å². The Morgan fingerprint density at radius 3 is 2.80 bits per heavy atom. The molecule has 0 unspecified atom stereocenters. The zero-order valence-corrected chi connectivity index (χ0v) is 12.7. The summed E-state index contributed by atoms with van der Waals surface area (Å²) >= 11 is 1.42. The van der Waals surface area contributed by atoms with Gasteiger partial charge in [-0.05, 0) is 31.9 Å². The largest absolute Gasteiger partial charge is 0.466 e. The van der Waals surface area contributed by atoms with E-state index in [9.17, 15) is 14.9 Å². The zero-order valence-electron chi connectivity index (χ0n) is 11.9. The molecule has 6 heteroatoms. The summed E-state index contributed by atoms with van der Waals surface area (Å²) < 4.78 is 4.87. The summed E-state index contributed by atoms with van der Waals surface area (Å²) in [5.41, 5.74) is 1.10. The quantitative estimate of drug-likeness (QED) is 0.332. The number of aryl methyl sites for hydroxylation is 1. The lowest BCUT2D eigenvalue weighted by Crippen LogP contribution is -2.07. The lowest BCUT2D eigenvalue weighted by molar-refractivity contribution is -0.387. The molecule has 5 nitrogen and oxygen atoms in total. The second-order valence-corrected chi connectivity index (χ2v) is 5.98. The van der Waals surface area contributed by atoms with Gasteiger partial charge in [0, 0.05) is 17.7 Å². The molecule has 0 aliphatic rings. The Morgan fingerprint density at radius 2 is 2.20 bits per heavy atom. The summed E-state index contributed by atoms with van der Waals surface area (Å²) in [7, 11) is 0. The van der Waals surface area contributed by atoms with Crippen LogP contribution in [0, 0.1) is 17.0 Å². The number of rotatable bonds is 7. The van der Waals surface area contributed by atoms with Gasteiger partial charge in [-0.3, -0.25) is 14.9 Å². The number of carbonyl (C=O) groups excluding carboxylic acids is 1. The maximum absolute atomic E-state index is 11.3. The van der Waals surface area contributed by atoms with Crippen LogP contribution in [0.25, 0.3) is 0 Å². The number of nitro benzene ring substituents is 1. The van der Waals surface area contributed by atoms with Crippen LogP contribution in [0.5, 0.6) is 0 Å². The van der Waals surface area contributed by atoms with E-state index in [4.69, 9.17) is 4.74 Å². The minimum atomic E-state index is -0.375. The van der Waals surface area contributed by atoms with Crippen LogP contribution >= 0.6 is 11.8 Å². The van der Waals surface area contributed by atoms with E-state index in [0.717, 1.165) is 5.56 Å². The molecule has 1 aromatic rings. The minimum Gasteiger partial charge on any atom is -0.466 e. The number of nitrogens with zero attached hydrogens (tertiary/aromatic N) is 1. The van der Waals surface area contributed by atoms with E-state index >= 15 is 0 Å². The Kier molecular flexibility index (Phi) is 6.51. The molecule has 0 amide bonds. The van der Waals surface area contributed by atoms with Crippen LogP contribution < -0.4 is 0 Å². The monoisotopic (exact) mass is 297 g/mol. The summed E-state index contributed by atoms with van der Waals surface area (Å²) in [5.74, 6) is -0.223. The third-order valence-corrected chi connectivity index (χ3v) is 3.92. The van der Waals surface area contributed by atoms with Crippen molar-refractivity contribution in [3.63, 3.8) is 0 Å². The molecule has 1 rings (SSSR count). The Balaban J connectivity index is 2.65. The molecule has 20 heavy (non-hydrogen) atoms. The van der Waals surface area contributed by atoms with Gasteiger partial charge in [-0.15, -0.1) is 11.8 Å². The van der Waals surface area contributed by atoms with Gasteiger partial charge in [-0.1, -0.05) is 13.0 Å². The highest BCUT2D eigenvalue weighted by Gasteiger charge is 2.17. The molecule has 0 aliphatic carbocycles. The molecule has 0 radical (unpaired) electrons. The second-order valence-electron chi connectivity index (χ2n) is 4.50. The summed E-state index contributed by atoms with van der Waals surface area (Å²) in [6, 6.07) is 5.06. The average molecular weight is 297 g/mol. The van der Waals surface area contributed by atoms with Gasteiger partial charge in [0.15, 0.2) is 0 Å². The van der Waals surface area contributed by atoms with Crippen LogP contribution in [-0.4, -0.2) is 22.7 Å². The molecule has 0 fully saturated rings. The number of thioether (sulfide) groups is 1. The summed E-state index contributed by atoms with van der Waals surface area (Å²) in [4.78, 5) is 22.5. The highest BCUT2D eigenvalue weighted by Crippen LogP contribution is 2.34. The van der Waals surface area contributed by atoms with E-state index in [2.05, 4.69) is 0 Å². The maximum Gasteiger partial charge on any atom is 0.305 e. The third-order valence-electron chi connectivity index (χ3n) is 2.70. The van der Waals surface area contributed by atoms with Gasteiger partial charge in [-0.2, -0.15) is 0 Å². The first-order chi connectivity index (χ1) is 9.43. The van der Waals surface area contributed by atoms with E-state index < -0.39 is 0 Å². The fraction of sp³-hybridized carbons (Fsp3) is 0.500. The molecular weight excluding hydrogens is 278 g/mol. The summed E-state index contributed by atoms with van der Waals surface area (Å²) in [5, 5.41) is 11.1. The lowest BCUT2D eigenvalue weighted by atomic mass is 10.2. The fourth-order valence-electron chi connectivity index (χ4n) is 1.70. The highest BCUT2D eigenvalue weighted by atomic mass is 32.2. The number of hydrogen-bond donors (Lipinski definition) is 0. The molecule has 0 spiro atoms. The zero-order chi connectivity index (χ0) is 15.1. The number of benzene rings is 1. The molecule has 0 aliphatic heterocycles. The molecule has 0 bridgehead atoms. The van der Waals surface area contributed by atoms with Crippen LogP contribution in [0.1, 0.15) is 32.3 Å². The maximum atomic E-state index is 11.3. The predicted octanol–water partition coefficient (Wildman–Crippen LogP) is 3.73. The van der Waals surface area contributed by atoms with E-state index in [1.165, 1.54) is 17.8 Å². The van der Waals surface area contributed by atoms with E-state index in [1.54, 1.807) is 13.0 Å². The van der Waals surface area contributed by atoms with Crippen molar-refractivity contribution in [2.45, 2.75) is 43.8 Å². The van der Waals surface area contributed by atoms with Crippen LogP contribution in [0.3, 0.4) is 0 Å². The number of ether oxygens (including phenoxy) is 1. The van der Waals surface area contributed by atoms with E-state index in [0.29, 0.717) is 24.3 Å². The summed E-state index contributed by atoms with van der Waals surface area (Å²) in [6.45, 7) is 6.00. The number of esters is 1. The smallest absolute Gasteiger partial charge is 0.305 e. The second kappa shape index (κ2) is 7.89. The summed E-state index contributed by atoms with van der Waals surface area (Å²) in [6.07, 6.45) is 0.968. The first kappa shape index (κ1) is 16.5.